The predicted octanol–water partition coefficient (Wildman–Crippen LogP) is 4.47. The minimum absolute atomic E-state index is 0.147. The summed E-state index contributed by atoms with van der Waals surface area (Å²) in [6, 6.07) is 17.5. The topological polar surface area (TPSA) is 12.0 Å². The molecule has 0 saturated carbocycles. The van der Waals surface area contributed by atoms with Crippen molar-refractivity contribution in [2.24, 2.45) is 11.8 Å². The van der Waals surface area contributed by atoms with Crippen LogP contribution in [0.1, 0.15) is 25.0 Å². The lowest BCUT2D eigenvalue weighted by molar-refractivity contribution is 0.444. The third kappa shape index (κ3) is 5.98. The third-order valence-electron chi connectivity index (χ3n) is 3.77. The fourth-order valence-electron chi connectivity index (χ4n) is 2.74. The minimum atomic E-state index is -0.147. The Kier molecular flexibility index (Phi) is 6.60. The van der Waals surface area contributed by atoms with Crippen molar-refractivity contribution in [3.63, 3.8) is 0 Å². The van der Waals surface area contributed by atoms with Crippen molar-refractivity contribution in [1.82, 2.24) is 5.32 Å². The highest BCUT2D eigenvalue weighted by Crippen LogP contribution is 2.15. The van der Waals surface area contributed by atoms with Crippen LogP contribution in [-0.2, 0) is 12.8 Å². The number of rotatable bonds is 8. The van der Waals surface area contributed by atoms with Crippen molar-refractivity contribution >= 4 is 0 Å². The summed E-state index contributed by atoms with van der Waals surface area (Å²) in [5.74, 6) is 0.973. The zero-order chi connectivity index (χ0) is 15.8. The molecule has 0 radical (unpaired) electrons. The fourth-order valence-corrected chi connectivity index (χ4v) is 2.74. The maximum atomic E-state index is 13.4. The van der Waals surface area contributed by atoms with Crippen LogP contribution in [-0.4, -0.2) is 13.1 Å². The SMILES string of the molecule is CC(C)CNCC(Cc1ccccc1)Cc1cccc(F)c1. The minimum Gasteiger partial charge on any atom is -0.316 e. The smallest absolute Gasteiger partial charge is 0.123 e. The van der Waals surface area contributed by atoms with E-state index in [4.69, 9.17) is 0 Å². The second-order valence-electron chi connectivity index (χ2n) is 6.44. The zero-order valence-electron chi connectivity index (χ0n) is 13.6. The van der Waals surface area contributed by atoms with E-state index < -0.39 is 0 Å². The first-order valence-corrected chi connectivity index (χ1v) is 8.12. The molecule has 0 spiro atoms. The van der Waals surface area contributed by atoms with Crippen LogP contribution in [0.15, 0.2) is 54.6 Å². The number of nitrogens with one attached hydrogen (secondary N) is 1. The Labute approximate surface area is 133 Å². The highest BCUT2D eigenvalue weighted by atomic mass is 19.1. The molecule has 1 atom stereocenters. The normalized spacial score (nSPS) is 12.5. The molecule has 0 saturated heterocycles. The van der Waals surface area contributed by atoms with E-state index in [1.54, 1.807) is 12.1 Å². The van der Waals surface area contributed by atoms with Gasteiger partial charge in [-0.1, -0.05) is 56.3 Å². The lowest BCUT2D eigenvalue weighted by Crippen LogP contribution is -2.28. The predicted molar refractivity (Wildman–Crippen MR) is 91.4 cm³/mol. The molecular formula is C20H26FN. The van der Waals surface area contributed by atoms with Gasteiger partial charge in [0.25, 0.3) is 0 Å². The first kappa shape index (κ1) is 16.7. The molecule has 22 heavy (non-hydrogen) atoms. The maximum Gasteiger partial charge on any atom is 0.123 e. The van der Waals surface area contributed by atoms with E-state index in [0.717, 1.165) is 31.5 Å². The van der Waals surface area contributed by atoms with Crippen molar-refractivity contribution in [3.05, 3.63) is 71.5 Å². The Bertz CT molecular complexity index is 551. The Balaban J connectivity index is 2.00. The van der Waals surface area contributed by atoms with Crippen molar-refractivity contribution in [2.45, 2.75) is 26.7 Å². The highest BCUT2D eigenvalue weighted by Gasteiger charge is 2.11. The molecule has 0 bridgehead atoms. The quantitative estimate of drug-likeness (QED) is 0.758. The van der Waals surface area contributed by atoms with Gasteiger partial charge in [0.15, 0.2) is 0 Å². The summed E-state index contributed by atoms with van der Waals surface area (Å²) in [5, 5.41) is 3.55. The number of benzene rings is 2. The molecule has 0 aromatic heterocycles. The van der Waals surface area contributed by atoms with E-state index >= 15 is 0 Å². The first-order chi connectivity index (χ1) is 10.6. The summed E-state index contributed by atoms with van der Waals surface area (Å²) in [7, 11) is 0. The van der Waals surface area contributed by atoms with E-state index in [1.165, 1.54) is 11.6 Å². The van der Waals surface area contributed by atoms with Crippen LogP contribution in [0, 0.1) is 17.7 Å². The van der Waals surface area contributed by atoms with Gasteiger partial charge >= 0.3 is 0 Å². The van der Waals surface area contributed by atoms with Crippen LogP contribution in [0.2, 0.25) is 0 Å². The molecule has 2 heteroatoms. The van der Waals surface area contributed by atoms with Gasteiger partial charge in [-0.3, -0.25) is 0 Å². The first-order valence-electron chi connectivity index (χ1n) is 8.12. The number of halogens is 1. The molecule has 0 amide bonds. The standard InChI is InChI=1S/C20H26FN/c1-16(2)14-22-15-19(11-17-7-4-3-5-8-17)12-18-9-6-10-20(21)13-18/h3-10,13,16,19,22H,11-12,14-15H2,1-2H3. The van der Waals surface area contributed by atoms with Crippen LogP contribution in [0.4, 0.5) is 4.39 Å². The molecular weight excluding hydrogens is 273 g/mol. The summed E-state index contributed by atoms with van der Waals surface area (Å²) in [4.78, 5) is 0. The van der Waals surface area contributed by atoms with Gasteiger partial charge in [0.1, 0.15) is 5.82 Å². The number of hydrogen-bond donors (Lipinski definition) is 1. The van der Waals surface area contributed by atoms with Crippen molar-refractivity contribution in [1.29, 1.82) is 0 Å². The Hall–Kier alpha value is -1.67. The lowest BCUT2D eigenvalue weighted by Gasteiger charge is -2.19. The second kappa shape index (κ2) is 8.70. The average molecular weight is 299 g/mol. The van der Waals surface area contributed by atoms with E-state index in [1.807, 2.05) is 12.1 Å². The molecule has 1 unspecified atom stereocenters. The van der Waals surface area contributed by atoms with E-state index in [0.29, 0.717) is 11.8 Å². The summed E-state index contributed by atoms with van der Waals surface area (Å²) in [5.41, 5.74) is 2.42. The monoisotopic (exact) mass is 299 g/mol. The molecule has 2 aromatic rings. The van der Waals surface area contributed by atoms with Gasteiger partial charge in [-0.15, -0.1) is 0 Å². The Morgan fingerprint density at radius 2 is 1.55 bits per heavy atom. The number of hydrogen-bond acceptors (Lipinski definition) is 1. The van der Waals surface area contributed by atoms with Gasteiger partial charge in [0, 0.05) is 0 Å². The van der Waals surface area contributed by atoms with Crippen molar-refractivity contribution in [2.75, 3.05) is 13.1 Å². The maximum absolute atomic E-state index is 13.4. The summed E-state index contributed by atoms with van der Waals surface area (Å²) >= 11 is 0. The Morgan fingerprint density at radius 1 is 0.864 bits per heavy atom. The van der Waals surface area contributed by atoms with Gasteiger partial charge in [-0.25, -0.2) is 4.39 Å². The Morgan fingerprint density at radius 3 is 2.23 bits per heavy atom. The molecule has 1 nitrogen and oxygen atoms in total. The van der Waals surface area contributed by atoms with Gasteiger partial charge in [0.05, 0.1) is 0 Å². The van der Waals surface area contributed by atoms with E-state index in [2.05, 4.69) is 43.4 Å². The molecule has 2 aromatic carbocycles. The van der Waals surface area contributed by atoms with Gasteiger partial charge in [-0.05, 0) is 61.0 Å². The van der Waals surface area contributed by atoms with Crippen LogP contribution in [0.5, 0.6) is 0 Å². The molecule has 0 aliphatic rings. The molecule has 2 rings (SSSR count). The van der Waals surface area contributed by atoms with Gasteiger partial charge in [0.2, 0.25) is 0 Å². The lowest BCUT2D eigenvalue weighted by atomic mass is 9.92. The van der Waals surface area contributed by atoms with E-state index in [-0.39, 0.29) is 5.82 Å². The van der Waals surface area contributed by atoms with E-state index in [9.17, 15) is 4.39 Å². The second-order valence-corrected chi connectivity index (χ2v) is 6.44. The molecule has 118 valence electrons. The largest absolute Gasteiger partial charge is 0.316 e. The summed E-state index contributed by atoms with van der Waals surface area (Å²) < 4.78 is 13.4. The van der Waals surface area contributed by atoms with Crippen LogP contribution < -0.4 is 5.32 Å². The van der Waals surface area contributed by atoms with Crippen LogP contribution in [0.25, 0.3) is 0 Å². The molecule has 0 aliphatic heterocycles. The van der Waals surface area contributed by atoms with Gasteiger partial charge in [-0.2, -0.15) is 0 Å². The van der Waals surface area contributed by atoms with Crippen molar-refractivity contribution < 1.29 is 4.39 Å². The van der Waals surface area contributed by atoms with Crippen LogP contribution >= 0.6 is 0 Å². The summed E-state index contributed by atoms with van der Waals surface area (Å²) in [6.07, 6.45) is 1.92. The molecule has 0 heterocycles. The van der Waals surface area contributed by atoms with Crippen molar-refractivity contribution in [3.8, 4) is 0 Å². The van der Waals surface area contributed by atoms with Crippen LogP contribution in [0.3, 0.4) is 0 Å². The zero-order valence-corrected chi connectivity index (χ0v) is 13.6. The highest BCUT2D eigenvalue weighted by molar-refractivity contribution is 5.19. The average Bonchev–Trinajstić information content (AvgIpc) is 2.48. The third-order valence-corrected chi connectivity index (χ3v) is 3.77. The fraction of sp³-hybridized carbons (Fsp3) is 0.400. The summed E-state index contributed by atoms with van der Waals surface area (Å²) in [6.45, 7) is 6.41. The van der Waals surface area contributed by atoms with Gasteiger partial charge < -0.3 is 5.32 Å². The molecule has 0 fully saturated rings. The molecule has 0 aliphatic carbocycles. The molecule has 1 N–H and O–H groups in total.